The number of fused-ring (bicyclic) bond motifs is 1. The highest BCUT2D eigenvalue weighted by Crippen LogP contribution is 2.28. The van der Waals surface area contributed by atoms with Crippen molar-refractivity contribution in [2.45, 2.75) is 25.5 Å². The lowest BCUT2D eigenvalue weighted by molar-refractivity contribution is -0.0370. The Morgan fingerprint density at radius 1 is 1.29 bits per heavy atom. The van der Waals surface area contributed by atoms with E-state index in [0.29, 0.717) is 16.2 Å². The minimum Gasteiger partial charge on any atom is -0.356 e. The molecule has 0 bridgehead atoms. The molecule has 0 unspecified atom stereocenters. The smallest absolute Gasteiger partial charge is 0.225 e. The van der Waals surface area contributed by atoms with E-state index in [-0.39, 0.29) is 11.5 Å². The predicted octanol–water partition coefficient (Wildman–Crippen LogP) is 2.83. The highest BCUT2D eigenvalue weighted by atomic mass is 35.5. The average Bonchev–Trinajstić information content (AvgIpc) is 2.74. The predicted molar refractivity (Wildman–Crippen MR) is 64.2 cm³/mol. The highest BCUT2D eigenvalue weighted by molar-refractivity contribution is 6.35. The second kappa shape index (κ2) is 4.40. The molecular formula is C10H10Cl2N4O. The topological polar surface area (TPSA) is 52.8 Å². The molecule has 7 heteroatoms. The highest BCUT2D eigenvalue weighted by Gasteiger charge is 2.20. The van der Waals surface area contributed by atoms with E-state index in [0.717, 1.165) is 25.9 Å². The van der Waals surface area contributed by atoms with Gasteiger partial charge in [-0.1, -0.05) is 11.6 Å². The molecule has 1 atom stereocenters. The van der Waals surface area contributed by atoms with Gasteiger partial charge in [0.05, 0.1) is 11.6 Å². The van der Waals surface area contributed by atoms with E-state index >= 15 is 0 Å². The first kappa shape index (κ1) is 11.2. The first-order valence-corrected chi connectivity index (χ1v) is 6.19. The van der Waals surface area contributed by atoms with Crippen molar-refractivity contribution in [3.63, 3.8) is 0 Å². The minimum atomic E-state index is -0.0803. The van der Waals surface area contributed by atoms with Crippen LogP contribution in [0.1, 0.15) is 25.5 Å². The number of rotatable bonds is 1. The molecule has 1 aliphatic heterocycles. The molecule has 2 aromatic heterocycles. The molecule has 3 heterocycles. The normalized spacial score (nSPS) is 20.9. The molecule has 5 nitrogen and oxygen atoms in total. The molecule has 0 aromatic carbocycles. The van der Waals surface area contributed by atoms with Crippen molar-refractivity contribution in [3.05, 3.63) is 16.6 Å². The van der Waals surface area contributed by atoms with E-state index in [4.69, 9.17) is 27.9 Å². The number of hydrogen-bond donors (Lipinski definition) is 0. The SMILES string of the molecule is Clc1nc(Cl)c2cnn([C@H]3CCCCO3)c2n1. The minimum absolute atomic E-state index is 0.0803. The second-order valence-corrected chi connectivity index (χ2v) is 4.63. The van der Waals surface area contributed by atoms with Crippen molar-refractivity contribution in [1.82, 2.24) is 19.7 Å². The van der Waals surface area contributed by atoms with Crippen molar-refractivity contribution in [2.75, 3.05) is 6.61 Å². The number of hydrogen-bond acceptors (Lipinski definition) is 4. The number of aromatic nitrogens is 4. The van der Waals surface area contributed by atoms with Crippen molar-refractivity contribution in [2.24, 2.45) is 0 Å². The van der Waals surface area contributed by atoms with Gasteiger partial charge in [0.2, 0.25) is 5.28 Å². The van der Waals surface area contributed by atoms with Crippen LogP contribution >= 0.6 is 23.2 Å². The van der Waals surface area contributed by atoms with Crippen molar-refractivity contribution < 1.29 is 4.74 Å². The van der Waals surface area contributed by atoms with Gasteiger partial charge < -0.3 is 4.74 Å². The van der Waals surface area contributed by atoms with E-state index in [1.54, 1.807) is 10.9 Å². The Balaban J connectivity index is 2.10. The van der Waals surface area contributed by atoms with Gasteiger partial charge in [-0.05, 0) is 30.9 Å². The van der Waals surface area contributed by atoms with Crippen LogP contribution in [0.3, 0.4) is 0 Å². The van der Waals surface area contributed by atoms with Crippen LogP contribution in [0.25, 0.3) is 11.0 Å². The Kier molecular flexibility index (Phi) is 2.90. The summed E-state index contributed by atoms with van der Waals surface area (Å²) in [6, 6.07) is 0. The maximum absolute atomic E-state index is 5.98. The molecule has 0 spiro atoms. The van der Waals surface area contributed by atoms with Crippen LogP contribution in [-0.4, -0.2) is 26.4 Å². The lowest BCUT2D eigenvalue weighted by Gasteiger charge is -2.22. The lowest BCUT2D eigenvalue weighted by Crippen LogP contribution is -2.19. The largest absolute Gasteiger partial charge is 0.356 e. The second-order valence-electron chi connectivity index (χ2n) is 3.93. The van der Waals surface area contributed by atoms with Crippen molar-refractivity contribution in [3.8, 4) is 0 Å². The van der Waals surface area contributed by atoms with E-state index in [1.165, 1.54) is 0 Å². The van der Waals surface area contributed by atoms with Crippen LogP contribution in [0, 0.1) is 0 Å². The first-order valence-electron chi connectivity index (χ1n) is 5.43. The van der Waals surface area contributed by atoms with Gasteiger partial charge in [-0.15, -0.1) is 0 Å². The molecule has 0 radical (unpaired) electrons. The van der Waals surface area contributed by atoms with Crippen molar-refractivity contribution >= 4 is 34.2 Å². The summed E-state index contributed by atoms with van der Waals surface area (Å²) in [7, 11) is 0. The third-order valence-corrected chi connectivity index (χ3v) is 3.27. The van der Waals surface area contributed by atoms with Crippen LogP contribution < -0.4 is 0 Å². The summed E-state index contributed by atoms with van der Waals surface area (Å²) < 4.78 is 7.39. The fraction of sp³-hybridized carbons (Fsp3) is 0.500. The van der Waals surface area contributed by atoms with E-state index in [1.807, 2.05) is 0 Å². The van der Waals surface area contributed by atoms with Crippen LogP contribution in [-0.2, 0) is 4.74 Å². The molecule has 1 saturated heterocycles. The maximum atomic E-state index is 5.98. The van der Waals surface area contributed by atoms with Crippen LogP contribution in [0.4, 0.5) is 0 Å². The Bertz CT molecular complexity index is 550. The maximum Gasteiger partial charge on any atom is 0.225 e. The fourth-order valence-electron chi connectivity index (χ4n) is 1.99. The Labute approximate surface area is 108 Å². The Morgan fingerprint density at radius 3 is 2.94 bits per heavy atom. The average molecular weight is 273 g/mol. The van der Waals surface area contributed by atoms with E-state index in [2.05, 4.69) is 15.1 Å². The summed E-state index contributed by atoms with van der Waals surface area (Å²) in [5.74, 6) is 0. The van der Waals surface area contributed by atoms with Gasteiger partial charge in [0, 0.05) is 6.61 Å². The van der Waals surface area contributed by atoms with Crippen LogP contribution in [0.5, 0.6) is 0 Å². The molecule has 0 saturated carbocycles. The van der Waals surface area contributed by atoms with Gasteiger partial charge in [-0.3, -0.25) is 0 Å². The molecule has 17 heavy (non-hydrogen) atoms. The summed E-state index contributed by atoms with van der Waals surface area (Å²) in [4.78, 5) is 8.05. The van der Waals surface area contributed by atoms with E-state index < -0.39 is 0 Å². The summed E-state index contributed by atoms with van der Waals surface area (Å²) >= 11 is 11.8. The number of ether oxygens (including phenoxy) is 1. The molecule has 1 aliphatic rings. The van der Waals surface area contributed by atoms with E-state index in [9.17, 15) is 0 Å². The summed E-state index contributed by atoms with van der Waals surface area (Å²) in [5.41, 5.74) is 0.627. The van der Waals surface area contributed by atoms with Crippen LogP contribution in [0.2, 0.25) is 10.4 Å². The quantitative estimate of drug-likeness (QED) is 0.592. The molecular weight excluding hydrogens is 263 g/mol. The zero-order valence-corrected chi connectivity index (χ0v) is 10.4. The van der Waals surface area contributed by atoms with Crippen molar-refractivity contribution in [1.29, 1.82) is 0 Å². The molecule has 0 amide bonds. The fourth-order valence-corrected chi connectivity index (χ4v) is 2.41. The van der Waals surface area contributed by atoms with Gasteiger partial charge in [0.1, 0.15) is 5.15 Å². The molecule has 0 N–H and O–H groups in total. The summed E-state index contributed by atoms with van der Waals surface area (Å²) in [6.45, 7) is 0.749. The molecule has 3 rings (SSSR count). The zero-order valence-electron chi connectivity index (χ0n) is 8.94. The monoisotopic (exact) mass is 272 g/mol. The summed E-state index contributed by atoms with van der Waals surface area (Å²) in [5, 5.41) is 5.41. The molecule has 90 valence electrons. The van der Waals surface area contributed by atoms with Gasteiger partial charge >= 0.3 is 0 Å². The third kappa shape index (κ3) is 1.99. The molecule has 0 aliphatic carbocycles. The standard InChI is InChI=1S/C10H10Cl2N4O/c11-8-6-5-13-16(7-3-1-2-4-17-7)9(6)15-10(12)14-8/h5,7H,1-4H2/t7-/m1/s1. The lowest BCUT2D eigenvalue weighted by atomic mass is 10.2. The third-order valence-electron chi connectivity index (χ3n) is 2.81. The molecule has 2 aromatic rings. The zero-order chi connectivity index (χ0) is 11.8. The van der Waals surface area contributed by atoms with Crippen LogP contribution in [0.15, 0.2) is 6.20 Å². The van der Waals surface area contributed by atoms with Gasteiger partial charge in [-0.2, -0.15) is 10.1 Å². The Hall–Kier alpha value is -0.910. The number of nitrogens with zero attached hydrogens (tertiary/aromatic N) is 4. The Morgan fingerprint density at radius 2 is 2.18 bits per heavy atom. The van der Waals surface area contributed by atoms with Gasteiger partial charge in [-0.25, -0.2) is 9.67 Å². The molecule has 1 fully saturated rings. The summed E-state index contributed by atoms with van der Waals surface area (Å²) in [6.07, 6.45) is 4.70. The van der Waals surface area contributed by atoms with Gasteiger partial charge in [0.15, 0.2) is 11.9 Å². The number of halogens is 2. The van der Waals surface area contributed by atoms with Gasteiger partial charge in [0.25, 0.3) is 0 Å². The first-order chi connectivity index (χ1) is 8.25.